The zero-order valence-corrected chi connectivity index (χ0v) is 26.1. The zero-order chi connectivity index (χ0) is 27.5. The van der Waals surface area contributed by atoms with Gasteiger partial charge in [-0.1, -0.05) is 138 Å². The second kappa shape index (κ2) is 15.5. The normalized spacial score (nSPS) is 20.8. The molecular weight excluding hydrogens is 509 g/mol. The molecule has 0 fully saturated rings. The molecule has 2 aromatic rings. The number of hydrogen-bond acceptors (Lipinski definition) is 2. The highest BCUT2D eigenvalue weighted by molar-refractivity contribution is 6.44. The first kappa shape index (κ1) is 31.3. The van der Waals surface area contributed by atoms with Crippen molar-refractivity contribution in [1.82, 2.24) is 0 Å². The van der Waals surface area contributed by atoms with Crippen LogP contribution in [-0.2, 0) is 16.6 Å². The summed E-state index contributed by atoms with van der Waals surface area (Å²) in [5, 5.41) is 1.30. The van der Waals surface area contributed by atoms with E-state index in [4.69, 9.17) is 27.9 Å². The number of hydrogen-bond donors (Lipinski definition) is 0. The van der Waals surface area contributed by atoms with Crippen LogP contribution in [0.1, 0.15) is 116 Å². The van der Waals surface area contributed by atoms with Gasteiger partial charge < -0.3 is 9.64 Å². The third-order valence-electron chi connectivity index (χ3n) is 8.76. The Bertz CT molecular complexity index is 964. The van der Waals surface area contributed by atoms with E-state index < -0.39 is 0 Å². The summed E-state index contributed by atoms with van der Waals surface area (Å²) in [4.78, 5) is 2.51. The molecule has 3 rings (SSSR count). The minimum absolute atomic E-state index is 0.0142. The number of halogens is 2. The van der Waals surface area contributed by atoms with Crippen LogP contribution < -0.4 is 4.90 Å². The van der Waals surface area contributed by atoms with E-state index in [2.05, 4.69) is 69.0 Å². The Morgan fingerprint density at radius 3 is 2.13 bits per heavy atom. The summed E-state index contributed by atoms with van der Waals surface area (Å²) in [7, 11) is 1.87. The number of fused-ring (bicyclic) bond motifs is 1. The van der Waals surface area contributed by atoms with Crippen molar-refractivity contribution in [2.75, 3.05) is 12.0 Å². The van der Waals surface area contributed by atoms with Crippen LogP contribution in [0.4, 0.5) is 5.69 Å². The quantitative estimate of drug-likeness (QED) is 0.189. The van der Waals surface area contributed by atoms with Gasteiger partial charge in [0.25, 0.3) is 0 Å². The largest absolute Gasteiger partial charge is 0.379 e. The van der Waals surface area contributed by atoms with Crippen molar-refractivity contribution in [3.63, 3.8) is 0 Å². The minimum Gasteiger partial charge on any atom is -0.379 e. The predicted octanol–water partition coefficient (Wildman–Crippen LogP) is 10.8. The van der Waals surface area contributed by atoms with Crippen molar-refractivity contribution < 1.29 is 4.74 Å². The molecule has 0 saturated carbocycles. The van der Waals surface area contributed by atoms with E-state index in [-0.39, 0.29) is 17.6 Å². The average Bonchev–Trinajstić information content (AvgIpc) is 2.90. The molecule has 1 aliphatic heterocycles. The van der Waals surface area contributed by atoms with Gasteiger partial charge in [-0.2, -0.15) is 0 Å². The van der Waals surface area contributed by atoms with E-state index in [9.17, 15) is 0 Å². The second-order valence-electron chi connectivity index (χ2n) is 11.9. The molecule has 0 aromatic heterocycles. The highest BCUT2D eigenvalue weighted by atomic mass is 35.5. The maximum absolute atomic E-state index is 6.99. The van der Waals surface area contributed by atoms with Crippen molar-refractivity contribution >= 4 is 28.9 Å². The van der Waals surface area contributed by atoms with Gasteiger partial charge >= 0.3 is 0 Å². The summed E-state index contributed by atoms with van der Waals surface area (Å²) in [6, 6.07) is 15.5. The smallest absolute Gasteiger partial charge is 0.0828 e. The summed E-state index contributed by atoms with van der Waals surface area (Å²) in [5.41, 5.74) is 3.75. The summed E-state index contributed by atoms with van der Waals surface area (Å²) in [6.45, 7) is 9.32. The van der Waals surface area contributed by atoms with Crippen LogP contribution in [0.25, 0.3) is 0 Å². The Hall–Kier alpha value is -1.22. The fraction of sp³-hybridized carbons (Fsp3) is 0.647. The van der Waals surface area contributed by atoms with Crippen LogP contribution in [0.2, 0.25) is 10.0 Å². The number of rotatable bonds is 16. The lowest BCUT2D eigenvalue weighted by atomic mass is 9.69. The molecule has 0 spiro atoms. The molecular formula is C34H51Cl2NO. The van der Waals surface area contributed by atoms with Crippen LogP contribution in [0.5, 0.6) is 0 Å². The molecule has 0 radical (unpaired) electrons. The zero-order valence-electron chi connectivity index (χ0n) is 24.6. The van der Waals surface area contributed by atoms with Gasteiger partial charge in [0.05, 0.1) is 27.9 Å². The second-order valence-corrected chi connectivity index (χ2v) is 12.7. The summed E-state index contributed by atoms with van der Waals surface area (Å²) in [5.74, 6) is 0. The molecule has 1 heterocycles. The standard InChI is InChI=1S/C34H51Cl2NO/c1-6-7-8-9-10-11-12-13-14-18-21-31(38-5)27(3)37-26(2)24-34(4,25-28-19-16-15-17-20-28)29-22-23-30(35)32(36)33(29)37/h15-17,19-20,22-23,26-27,31H,6-14,18,21,24-25H2,1-5H3. The topological polar surface area (TPSA) is 12.5 Å². The van der Waals surface area contributed by atoms with Crippen LogP contribution in [0.15, 0.2) is 42.5 Å². The molecule has 0 bridgehead atoms. The molecule has 0 aliphatic carbocycles. The number of ether oxygens (including phenoxy) is 1. The van der Waals surface area contributed by atoms with Gasteiger partial charge in [-0.3, -0.25) is 0 Å². The first-order chi connectivity index (χ1) is 18.3. The van der Waals surface area contributed by atoms with Gasteiger partial charge in [0, 0.05) is 18.6 Å². The van der Waals surface area contributed by atoms with E-state index in [0.29, 0.717) is 16.1 Å². The third-order valence-corrected chi connectivity index (χ3v) is 9.55. The van der Waals surface area contributed by atoms with Crippen molar-refractivity contribution in [2.45, 2.75) is 135 Å². The van der Waals surface area contributed by atoms with E-state index >= 15 is 0 Å². The van der Waals surface area contributed by atoms with Crippen molar-refractivity contribution in [3.05, 3.63) is 63.6 Å². The first-order valence-corrected chi connectivity index (χ1v) is 15.9. The number of anilines is 1. The van der Waals surface area contributed by atoms with Gasteiger partial charge in [-0.15, -0.1) is 0 Å². The monoisotopic (exact) mass is 559 g/mol. The number of unbranched alkanes of at least 4 members (excludes halogenated alkanes) is 9. The van der Waals surface area contributed by atoms with Crippen molar-refractivity contribution in [3.8, 4) is 0 Å². The van der Waals surface area contributed by atoms with Gasteiger partial charge in [-0.25, -0.2) is 0 Å². The maximum Gasteiger partial charge on any atom is 0.0828 e. The Morgan fingerprint density at radius 2 is 1.53 bits per heavy atom. The van der Waals surface area contributed by atoms with E-state index in [1.54, 1.807) is 0 Å². The molecule has 0 saturated heterocycles. The lowest BCUT2D eigenvalue weighted by molar-refractivity contribution is 0.0691. The Morgan fingerprint density at radius 1 is 0.921 bits per heavy atom. The van der Waals surface area contributed by atoms with Gasteiger partial charge in [0.1, 0.15) is 0 Å². The van der Waals surface area contributed by atoms with Crippen LogP contribution in [0.3, 0.4) is 0 Å². The lowest BCUT2D eigenvalue weighted by Gasteiger charge is -2.50. The predicted molar refractivity (Wildman–Crippen MR) is 167 cm³/mol. The molecule has 212 valence electrons. The molecule has 38 heavy (non-hydrogen) atoms. The average molecular weight is 561 g/mol. The number of methoxy groups -OCH3 is 1. The fourth-order valence-corrected chi connectivity index (χ4v) is 7.16. The highest BCUT2D eigenvalue weighted by Crippen LogP contribution is 2.50. The van der Waals surface area contributed by atoms with Crippen LogP contribution >= 0.6 is 23.2 Å². The fourth-order valence-electron chi connectivity index (χ4n) is 6.75. The lowest BCUT2D eigenvalue weighted by Crippen LogP contribution is -2.53. The molecule has 4 heteroatoms. The maximum atomic E-state index is 6.99. The van der Waals surface area contributed by atoms with Gasteiger partial charge in [-0.05, 0) is 50.3 Å². The summed E-state index contributed by atoms with van der Waals surface area (Å²) >= 11 is 13.6. The van der Waals surface area contributed by atoms with Crippen LogP contribution in [-0.4, -0.2) is 25.3 Å². The Kier molecular flexibility index (Phi) is 12.8. The van der Waals surface area contributed by atoms with E-state index in [0.717, 1.165) is 24.9 Å². The van der Waals surface area contributed by atoms with Crippen molar-refractivity contribution in [1.29, 1.82) is 0 Å². The molecule has 4 atom stereocenters. The Balaban J connectivity index is 1.67. The molecule has 4 unspecified atom stereocenters. The summed E-state index contributed by atoms with van der Waals surface area (Å²) < 4.78 is 6.11. The number of benzene rings is 2. The molecule has 0 N–H and O–H groups in total. The third kappa shape index (κ3) is 8.15. The van der Waals surface area contributed by atoms with Gasteiger partial charge in [0.15, 0.2) is 0 Å². The van der Waals surface area contributed by atoms with Crippen molar-refractivity contribution in [2.24, 2.45) is 0 Å². The SMILES string of the molecule is CCCCCCCCCCCCC(OC)C(C)N1c2c(ccc(Cl)c2Cl)C(C)(Cc2ccccc2)CC1C. The number of nitrogens with zero attached hydrogens (tertiary/aromatic N) is 1. The molecule has 0 amide bonds. The Labute approximate surface area is 243 Å². The van der Waals surface area contributed by atoms with Crippen LogP contribution in [0, 0.1) is 0 Å². The molecule has 2 aromatic carbocycles. The highest BCUT2D eigenvalue weighted by Gasteiger charge is 2.43. The molecule has 1 aliphatic rings. The van der Waals surface area contributed by atoms with E-state index in [1.807, 2.05) is 13.2 Å². The van der Waals surface area contributed by atoms with Gasteiger partial charge in [0.2, 0.25) is 0 Å². The minimum atomic E-state index is -0.0142. The first-order valence-electron chi connectivity index (χ1n) is 15.2. The molecule has 2 nitrogen and oxygen atoms in total. The van der Waals surface area contributed by atoms with E-state index in [1.165, 1.54) is 75.3 Å². The summed E-state index contributed by atoms with van der Waals surface area (Å²) in [6.07, 6.45) is 16.8.